The van der Waals surface area contributed by atoms with Gasteiger partial charge in [0.1, 0.15) is 0 Å². The van der Waals surface area contributed by atoms with Crippen LogP contribution in [0.2, 0.25) is 0 Å². The molecule has 0 N–H and O–H groups in total. The Labute approximate surface area is 171 Å². The minimum Gasteiger partial charge on any atom is -0.325 e. The molecule has 0 aromatic heterocycles. The van der Waals surface area contributed by atoms with Gasteiger partial charge >= 0.3 is 0 Å². The van der Waals surface area contributed by atoms with Gasteiger partial charge in [-0.05, 0) is 81.1 Å². The average Bonchev–Trinajstić information content (AvgIpc) is 2.69. The molecule has 0 unspecified atom stereocenters. The van der Waals surface area contributed by atoms with Crippen LogP contribution >= 0.6 is 0 Å². The molecule has 3 heteroatoms. The van der Waals surface area contributed by atoms with Gasteiger partial charge in [0.15, 0.2) is 0 Å². The lowest BCUT2D eigenvalue weighted by Crippen LogP contribution is -2.47. The molecule has 1 saturated heterocycles. The highest BCUT2D eigenvalue weighted by molar-refractivity contribution is 5.74. The van der Waals surface area contributed by atoms with Gasteiger partial charge in [0.25, 0.3) is 0 Å². The average molecular weight is 381 g/mol. The van der Waals surface area contributed by atoms with Crippen molar-refractivity contribution in [2.24, 2.45) is 5.92 Å². The second-order valence-corrected chi connectivity index (χ2v) is 9.02. The van der Waals surface area contributed by atoms with Crippen molar-refractivity contribution in [3.8, 4) is 11.8 Å². The molecule has 28 heavy (non-hydrogen) atoms. The van der Waals surface area contributed by atoms with Gasteiger partial charge in [-0.2, -0.15) is 0 Å². The number of hydrogen-bond donors (Lipinski definition) is 0. The molecule has 2 aliphatic rings. The van der Waals surface area contributed by atoms with Gasteiger partial charge in [-0.1, -0.05) is 44.0 Å². The topological polar surface area (TPSA) is 23.6 Å². The SMILES string of the molecule is CC#CCN(C(C)=O)[C@H]1CCC2(CCN(CCC(C)C)CC2)c2ccccc21. The van der Waals surface area contributed by atoms with Gasteiger partial charge in [-0.25, -0.2) is 0 Å². The summed E-state index contributed by atoms with van der Waals surface area (Å²) in [6, 6.07) is 9.06. The zero-order valence-electron chi connectivity index (χ0n) is 18.1. The van der Waals surface area contributed by atoms with Crippen molar-refractivity contribution in [2.75, 3.05) is 26.2 Å². The van der Waals surface area contributed by atoms with E-state index in [1.165, 1.54) is 56.4 Å². The normalized spacial score (nSPS) is 21.1. The predicted molar refractivity (Wildman–Crippen MR) is 116 cm³/mol. The van der Waals surface area contributed by atoms with E-state index in [9.17, 15) is 4.79 Å². The van der Waals surface area contributed by atoms with Crippen LogP contribution in [0.3, 0.4) is 0 Å². The molecular weight excluding hydrogens is 344 g/mol. The van der Waals surface area contributed by atoms with E-state index in [1.807, 2.05) is 11.8 Å². The van der Waals surface area contributed by atoms with Gasteiger partial charge in [-0.3, -0.25) is 4.79 Å². The second kappa shape index (κ2) is 9.14. The van der Waals surface area contributed by atoms with Crippen molar-refractivity contribution in [1.29, 1.82) is 0 Å². The Bertz CT molecular complexity index is 734. The van der Waals surface area contributed by atoms with Crippen LogP contribution < -0.4 is 0 Å². The number of fused-ring (bicyclic) bond motifs is 2. The number of rotatable bonds is 5. The van der Waals surface area contributed by atoms with Crippen molar-refractivity contribution < 1.29 is 4.79 Å². The van der Waals surface area contributed by atoms with Crippen molar-refractivity contribution in [2.45, 2.75) is 71.3 Å². The fraction of sp³-hybridized carbons (Fsp3) is 0.640. The molecule has 1 atom stereocenters. The summed E-state index contributed by atoms with van der Waals surface area (Å²) in [5.41, 5.74) is 3.14. The summed E-state index contributed by atoms with van der Waals surface area (Å²) >= 11 is 0. The van der Waals surface area contributed by atoms with Crippen molar-refractivity contribution in [3.63, 3.8) is 0 Å². The van der Waals surface area contributed by atoms with Crippen LogP contribution in [-0.2, 0) is 10.2 Å². The smallest absolute Gasteiger partial charge is 0.220 e. The largest absolute Gasteiger partial charge is 0.325 e. The summed E-state index contributed by atoms with van der Waals surface area (Å²) in [6.07, 6.45) is 6.00. The highest BCUT2D eigenvalue weighted by Crippen LogP contribution is 2.49. The van der Waals surface area contributed by atoms with E-state index >= 15 is 0 Å². The number of likely N-dealkylation sites (tertiary alicyclic amines) is 1. The zero-order valence-corrected chi connectivity index (χ0v) is 18.1. The number of amides is 1. The van der Waals surface area contributed by atoms with Crippen LogP contribution in [0, 0.1) is 17.8 Å². The fourth-order valence-corrected chi connectivity index (χ4v) is 5.07. The molecule has 152 valence electrons. The first-order valence-corrected chi connectivity index (χ1v) is 11.0. The van der Waals surface area contributed by atoms with E-state index in [0.717, 1.165) is 12.3 Å². The minimum absolute atomic E-state index is 0.127. The highest BCUT2D eigenvalue weighted by Gasteiger charge is 2.43. The summed E-state index contributed by atoms with van der Waals surface area (Å²) < 4.78 is 0. The third-order valence-electron chi connectivity index (χ3n) is 6.83. The second-order valence-electron chi connectivity index (χ2n) is 9.02. The van der Waals surface area contributed by atoms with Crippen molar-refractivity contribution in [1.82, 2.24) is 9.80 Å². The summed E-state index contributed by atoms with van der Waals surface area (Å²) in [7, 11) is 0. The fourth-order valence-electron chi connectivity index (χ4n) is 5.07. The molecule has 0 radical (unpaired) electrons. The first-order chi connectivity index (χ1) is 13.5. The van der Waals surface area contributed by atoms with E-state index in [0.29, 0.717) is 12.0 Å². The first kappa shape index (κ1) is 20.9. The molecule has 0 saturated carbocycles. The van der Waals surface area contributed by atoms with Crippen molar-refractivity contribution in [3.05, 3.63) is 35.4 Å². The van der Waals surface area contributed by atoms with Crippen molar-refractivity contribution >= 4 is 5.91 Å². The van der Waals surface area contributed by atoms with E-state index in [2.05, 4.69) is 54.9 Å². The Hall–Kier alpha value is -1.79. The van der Waals surface area contributed by atoms with Gasteiger partial charge < -0.3 is 9.80 Å². The Morgan fingerprint density at radius 2 is 1.96 bits per heavy atom. The summed E-state index contributed by atoms with van der Waals surface area (Å²) in [5, 5.41) is 0. The van der Waals surface area contributed by atoms with E-state index in [1.54, 1.807) is 6.92 Å². The molecule has 3 nitrogen and oxygen atoms in total. The summed E-state index contributed by atoms with van der Waals surface area (Å²) in [4.78, 5) is 17.0. The molecule has 1 aromatic carbocycles. The van der Waals surface area contributed by atoms with Gasteiger partial charge in [0.05, 0.1) is 12.6 Å². The number of hydrogen-bond acceptors (Lipinski definition) is 2. The molecule has 1 aliphatic carbocycles. The van der Waals surface area contributed by atoms with Gasteiger partial charge in [0, 0.05) is 6.92 Å². The first-order valence-electron chi connectivity index (χ1n) is 11.0. The van der Waals surface area contributed by atoms with Crippen LogP contribution in [0.15, 0.2) is 24.3 Å². The molecule has 1 heterocycles. The molecular formula is C25H36N2O. The lowest BCUT2D eigenvalue weighted by atomic mass is 9.63. The molecule has 3 rings (SSSR count). The van der Waals surface area contributed by atoms with Crippen LogP contribution in [0.25, 0.3) is 0 Å². The van der Waals surface area contributed by atoms with Crippen LogP contribution in [0.4, 0.5) is 0 Å². The van der Waals surface area contributed by atoms with Crippen LogP contribution in [0.1, 0.15) is 77.0 Å². The lowest BCUT2D eigenvalue weighted by molar-refractivity contribution is -0.131. The standard InChI is InChI=1S/C25H36N2O/c1-5-6-16-27(21(4)28)24-11-13-25(23-10-8-7-9-22(23)24)14-18-26(19-15-25)17-12-20(2)3/h7-10,20,24H,11-19H2,1-4H3/t24-/m0/s1. The maximum absolute atomic E-state index is 12.3. The molecule has 1 spiro atoms. The number of benzene rings is 1. The summed E-state index contributed by atoms with van der Waals surface area (Å²) in [6.45, 7) is 12.3. The molecule has 1 aromatic rings. The number of piperidine rings is 1. The van der Waals surface area contributed by atoms with Crippen LogP contribution in [0.5, 0.6) is 0 Å². The third-order valence-corrected chi connectivity index (χ3v) is 6.83. The minimum atomic E-state index is 0.127. The Morgan fingerprint density at radius 3 is 2.61 bits per heavy atom. The summed E-state index contributed by atoms with van der Waals surface area (Å²) in [5.74, 6) is 6.96. The van der Waals surface area contributed by atoms with Gasteiger partial charge in [0.2, 0.25) is 5.91 Å². The quantitative estimate of drug-likeness (QED) is 0.687. The molecule has 0 bridgehead atoms. The monoisotopic (exact) mass is 380 g/mol. The Balaban J connectivity index is 1.81. The number of carbonyl (C=O) groups excluding carboxylic acids is 1. The Morgan fingerprint density at radius 1 is 1.25 bits per heavy atom. The Kier molecular flexibility index (Phi) is 6.83. The lowest BCUT2D eigenvalue weighted by Gasteiger charge is -2.48. The molecule has 1 amide bonds. The molecule has 1 fully saturated rings. The van der Waals surface area contributed by atoms with E-state index in [4.69, 9.17) is 0 Å². The maximum Gasteiger partial charge on any atom is 0.220 e. The maximum atomic E-state index is 12.3. The predicted octanol–water partition coefficient (Wildman–Crippen LogP) is 4.77. The highest BCUT2D eigenvalue weighted by atomic mass is 16.2. The molecule has 1 aliphatic heterocycles. The van der Waals surface area contributed by atoms with E-state index < -0.39 is 0 Å². The number of carbonyl (C=O) groups is 1. The zero-order chi connectivity index (χ0) is 20.1. The number of nitrogens with zero attached hydrogens (tertiary/aromatic N) is 2. The van der Waals surface area contributed by atoms with E-state index in [-0.39, 0.29) is 11.9 Å². The van der Waals surface area contributed by atoms with Gasteiger partial charge in [-0.15, -0.1) is 5.92 Å². The third kappa shape index (κ3) is 4.44. The van der Waals surface area contributed by atoms with Crippen LogP contribution in [-0.4, -0.2) is 41.9 Å².